The normalized spacial score (nSPS) is 15.4. The maximum atomic E-state index is 13.0. The Morgan fingerprint density at radius 1 is 1.23 bits per heavy atom. The summed E-state index contributed by atoms with van der Waals surface area (Å²) in [6, 6.07) is 14.3. The van der Waals surface area contributed by atoms with Crippen molar-refractivity contribution in [2.45, 2.75) is 32.4 Å². The first-order valence-electron chi connectivity index (χ1n) is 8.83. The van der Waals surface area contributed by atoms with E-state index in [9.17, 15) is 14.4 Å². The van der Waals surface area contributed by atoms with Crippen LogP contribution < -0.4 is 5.32 Å². The molecule has 26 heavy (non-hydrogen) atoms. The molecule has 1 aliphatic rings. The third-order valence-corrected chi connectivity index (χ3v) is 4.81. The zero-order valence-electron chi connectivity index (χ0n) is 14.8. The predicted molar refractivity (Wildman–Crippen MR) is 99.5 cm³/mol. The number of nitrogens with one attached hydrogen (secondary N) is 1. The van der Waals surface area contributed by atoms with E-state index in [0.717, 1.165) is 43.7 Å². The third-order valence-electron chi connectivity index (χ3n) is 4.81. The summed E-state index contributed by atoms with van der Waals surface area (Å²) in [6.07, 6.45) is 1.91. The molecule has 1 N–H and O–H groups in total. The third kappa shape index (κ3) is 4.47. The fourth-order valence-corrected chi connectivity index (χ4v) is 3.28. The molecule has 134 valence electrons. The summed E-state index contributed by atoms with van der Waals surface area (Å²) in [4.78, 5) is 13.9. The van der Waals surface area contributed by atoms with Crippen LogP contribution in [0.2, 0.25) is 0 Å². The molecule has 1 aliphatic heterocycles. The Balaban J connectivity index is 1.59. The number of rotatable bonds is 5. The van der Waals surface area contributed by atoms with Gasteiger partial charge in [-0.2, -0.15) is 5.26 Å². The van der Waals surface area contributed by atoms with E-state index in [1.807, 2.05) is 12.1 Å². The monoisotopic (exact) mass is 351 g/mol. The number of nitrogens with zero attached hydrogens (tertiary/aromatic N) is 2. The summed E-state index contributed by atoms with van der Waals surface area (Å²) in [6.45, 7) is 4.21. The molecule has 5 heteroatoms. The van der Waals surface area contributed by atoms with Crippen molar-refractivity contribution < 1.29 is 9.18 Å². The molecule has 3 rings (SSSR count). The molecule has 2 aromatic rings. The van der Waals surface area contributed by atoms with Crippen LogP contribution in [-0.4, -0.2) is 29.8 Å². The second kappa shape index (κ2) is 8.11. The Kier molecular flexibility index (Phi) is 5.65. The van der Waals surface area contributed by atoms with Crippen LogP contribution in [0.5, 0.6) is 0 Å². The van der Waals surface area contributed by atoms with Crippen LogP contribution in [0.3, 0.4) is 0 Å². The van der Waals surface area contributed by atoms with Gasteiger partial charge in [0.15, 0.2) is 5.78 Å². The van der Waals surface area contributed by atoms with Gasteiger partial charge in [-0.3, -0.25) is 9.69 Å². The van der Waals surface area contributed by atoms with Gasteiger partial charge in [0.1, 0.15) is 11.9 Å². The number of anilines is 1. The summed E-state index contributed by atoms with van der Waals surface area (Å²) < 4.78 is 13.0. The maximum absolute atomic E-state index is 13.0. The molecule has 0 aliphatic carbocycles. The second-order valence-electron chi connectivity index (χ2n) is 6.75. The minimum atomic E-state index is -0.210. The average molecular weight is 351 g/mol. The summed E-state index contributed by atoms with van der Waals surface area (Å²) in [5, 5.41) is 12.7. The van der Waals surface area contributed by atoms with E-state index in [4.69, 9.17) is 0 Å². The highest BCUT2D eigenvalue weighted by atomic mass is 19.1. The van der Waals surface area contributed by atoms with Gasteiger partial charge in [-0.05, 0) is 55.7 Å². The van der Waals surface area contributed by atoms with Gasteiger partial charge in [0.25, 0.3) is 0 Å². The molecule has 0 spiro atoms. The molecule has 1 fully saturated rings. The molecule has 0 bridgehead atoms. The van der Waals surface area contributed by atoms with Crippen LogP contribution in [0.1, 0.15) is 41.3 Å². The van der Waals surface area contributed by atoms with Crippen LogP contribution in [0.4, 0.5) is 10.1 Å². The van der Waals surface area contributed by atoms with Crippen molar-refractivity contribution in [2.24, 2.45) is 0 Å². The van der Waals surface area contributed by atoms with Crippen molar-refractivity contribution >= 4 is 11.5 Å². The first-order valence-corrected chi connectivity index (χ1v) is 8.83. The van der Waals surface area contributed by atoms with Crippen LogP contribution in [0.15, 0.2) is 42.5 Å². The quantitative estimate of drug-likeness (QED) is 0.828. The van der Waals surface area contributed by atoms with E-state index in [1.54, 1.807) is 18.2 Å². The maximum Gasteiger partial charge on any atom is 0.159 e. The lowest BCUT2D eigenvalue weighted by Gasteiger charge is -2.33. The Morgan fingerprint density at radius 2 is 1.92 bits per heavy atom. The lowest BCUT2D eigenvalue weighted by atomic mass is 10.0. The molecule has 0 radical (unpaired) electrons. The van der Waals surface area contributed by atoms with Crippen molar-refractivity contribution in [1.29, 1.82) is 5.26 Å². The number of halogens is 1. The Labute approximate surface area is 153 Å². The number of nitriles is 1. The number of ketones is 1. The molecule has 1 saturated heterocycles. The molecule has 0 amide bonds. The first-order chi connectivity index (χ1) is 12.5. The summed E-state index contributed by atoms with van der Waals surface area (Å²) >= 11 is 0. The van der Waals surface area contributed by atoms with E-state index in [2.05, 4.69) is 16.3 Å². The van der Waals surface area contributed by atoms with Gasteiger partial charge in [0.2, 0.25) is 0 Å². The molecule has 0 unspecified atom stereocenters. The van der Waals surface area contributed by atoms with Crippen molar-refractivity contribution in [3.63, 3.8) is 0 Å². The minimum Gasteiger partial charge on any atom is -0.381 e. The van der Waals surface area contributed by atoms with Gasteiger partial charge >= 0.3 is 0 Å². The van der Waals surface area contributed by atoms with E-state index in [-0.39, 0.29) is 17.6 Å². The topological polar surface area (TPSA) is 56.1 Å². The fourth-order valence-electron chi connectivity index (χ4n) is 3.28. The molecule has 4 nitrogen and oxygen atoms in total. The molecule has 0 saturated carbocycles. The van der Waals surface area contributed by atoms with Gasteiger partial charge in [-0.1, -0.05) is 12.1 Å². The van der Waals surface area contributed by atoms with E-state index >= 15 is 0 Å². The Hall–Kier alpha value is -2.71. The van der Waals surface area contributed by atoms with Crippen molar-refractivity contribution in [1.82, 2.24) is 4.90 Å². The van der Waals surface area contributed by atoms with Gasteiger partial charge in [-0.15, -0.1) is 0 Å². The second-order valence-corrected chi connectivity index (χ2v) is 6.75. The first kappa shape index (κ1) is 18.1. The largest absolute Gasteiger partial charge is 0.381 e. The number of hydrogen-bond acceptors (Lipinski definition) is 4. The Morgan fingerprint density at radius 3 is 2.54 bits per heavy atom. The van der Waals surface area contributed by atoms with Gasteiger partial charge < -0.3 is 5.32 Å². The van der Waals surface area contributed by atoms with Gasteiger partial charge in [0.05, 0.1) is 11.3 Å². The summed E-state index contributed by atoms with van der Waals surface area (Å²) in [5.41, 5.74) is 3.01. The number of carbonyl (C=O) groups excluding carboxylic acids is 1. The zero-order chi connectivity index (χ0) is 18.5. The lowest BCUT2D eigenvalue weighted by Crippen LogP contribution is -2.38. The number of benzene rings is 2. The molecule has 1 heterocycles. The highest BCUT2D eigenvalue weighted by Crippen LogP contribution is 2.22. The molecule has 0 atom stereocenters. The smallest absolute Gasteiger partial charge is 0.159 e. The predicted octanol–water partition coefficient (Wildman–Crippen LogP) is 3.98. The van der Waals surface area contributed by atoms with E-state index in [1.165, 1.54) is 19.1 Å². The van der Waals surface area contributed by atoms with Crippen LogP contribution >= 0.6 is 0 Å². The Bertz CT molecular complexity index is 818. The number of hydrogen-bond donors (Lipinski definition) is 1. The minimum absolute atomic E-state index is 0.00773. The number of likely N-dealkylation sites (tertiary alicyclic amines) is 1. The van der Waals surface area contributed by atoms with Crippen molar-refractivity contribution in [2.75, 3.05) is 18.4 Å². The molecule has 0 aromatic heterocycles. The van der Waals surface area contributed by atoms with Crippen molar-refractivity contribution in [3.05, 3.63) is 65.0 Å². The van der Waals surface area contributed by atoms with Crippen LogP contribution in [-0.2, 0) is 6.54 Å². The SMILES string of the molecule is CC(=O)c1ccc(C#N)c(NC2CCN(Cc3ccc(F)cc3)CC2)c1. The standard InChI is InChI=1S/C21H22FN3O/c1-15(26)17-4-5-18(13-23)21(12-17)24-20-8-10-25(11-9-20)14-16-2-6-19(22)7-3-16/h2-7,12,20,24H,8-11,14H2,1H3. The molecule has 2 aromatic carbocycles. The number of piperidine rings is 1. The fraction of sp³-hybridized carbons (Fsp3) is 0.333. The highest BCUT2D eigenvalue weighted by molar-refractivity contribution is 5.95. The highest BCUT2D eigenvalue weighted by Gasteiger charge is 2.20. The average Bonchev–Trinajstić information content (AvgIpc) is 2.65. The molecular weight excluding hydrogens is 329 g/mol. The summed E-state index contributed by atoms with van der Waals surface area (Å²) in [5.74, 6) is -0.218. The lowest BCUT2D eigenvalue weighted by molar-refractivity contribution is 0.101. The van der Waals surface area contributed by atoms with E-state index < -0.39 is 0 Å². The van der Waals surface area contributed by atoms with Crippen molar-refractivity contribution in [3.8, 4) is 6.07 Å². The van der Waals surface area contributed by atoms with Crippen LogP contribution in [0.25, 0.3) is 0 Å². The van der Waals surface area contributed by atoms with Crippen LogP contribution in [0, 0.1) is 17.1 Å². The number of carbonyl (C=O) groups is 1. The van der Waals surface area contributed by atoms with E-state index in [0.29, 0.717) is 11.1 Å². The zero-order valence-corrected chi connectivity index (χ0v) is 14.8. The summed E-state index contributed by atoms with van der Waals surface area (Å²) in [7, 11) is 0. The van der Waals surface area contributed by atoms with Gasteiger partial charge in [0, 0.05) is 31.2 Å². The molecular formula is C21H22FN3O. The number of Topliss-reactive ketones (excluding diaryl/α,β-unsaturated/α-hetero) is 1. The van der Waals surface area contributed by atoms with Gasteiger partial charge in [-0.25, -0.2) is 4.39 Å².